The minimum atomic E-state index is -0.344. The lowest BCUT2D eigenvalue weighted by molar-refractivity contribution is -0.201. The molecule has 1 aromatic carbocycles. The molecule has 3 rings (SSSR count). The van der Waals surface area contributed by atoms with Gasteiger partial charge in [-0.3, -0.25) is 0 Å². The molecule has 5 atom stereocenters. The SMILES string of the molecule is CO[C@@H]1C[C@H](OCc2ccccc2Cl)[C@H]2O[C@@H]1O[C@@H]2CCl. The van der Waals surface area contributed by atoms with Gasteiger partial charge >= 0.3 is 0 Å². The zero-order valence-corrected chi connectivity index (χ0v) is 13.2. The molecule has 6 heteroatoms. The summed E-state index contributed by atoms with van der Waals surface area (Å²) in [5.74, 6) is 0.379. The molecule has 2 fully saturated rings. The monoisotopic (exact) mass is 332 g/mol. The summed E-state index contributed by atoms with van der Waals surface area (Å²) in [6.45, 7) is 0.431. The van der Waals surface area contributed by atoms with Gasteiger partial charge in [0.15, 0.2) is 6.29 Å². The van der Waals surface area contributed by atoms with Gasteiger partial charge in [-0.2, -0.15) is 0 Å². The normalized spacial score (nSPS) is 35.1. The number of methoxy groups -OCH3 is 1. The van der Waals surface area contributed by atoms with E-state index in [1.54, 1.807) is 7.11 Å². The van der Waals surface area contributed by atoms with Gasteiger partial charge in [0.1, 0.15) is 18.3 Å². The van der Waals surface area contributed by atoms with E-state index in [4.69, 9.17) is 42.1 Å². The minimum absolute atomic E-state index is 0.117. The van der Waals surface area contributed by atoms with Gasteiger partial charge in [-0.15, -0.1) is 11.6 Å². The second kappa shape index (κ2) is 6.82. The molecule has 0 aliphatic carbocycles. The first kappa shape index (κ1) is 15.5. The first-order valence-corrected chi connectivity index (χ1v) is 7.89. The Bertz CT molecular complexity index is 482. The fourth-order valence-electron chi connectivity index (χ4n) is 2.81. The van der Waals surface area contributed by atoms with Crippen LogP contribution in [-0.2, 0) is 25.6 Å². The number of alkyl halides is 1. The number of halogens is 2. The molecule has 0 radical (unpaired) electrons. The van der Waals surface area contributed by atoms with Crippen LogP contribution in [0.25, 0.3) is 0 Å². The van der Waals surface area contributed by atoms with Crippen LogP contribution in [0.5, 0.6) is 0 Å². The van der Waals surface area contributed by atoms with Crippen LogP contribution in [0.15, 0.2) is 24.3 Å². The Labute approximate surface area is 134 Å². The topological polar surface area (TPSA) is 36.9 Å². The zero-order chi connectivity index (χ0) is 14.8. The van der Waals surface area contributed by atoms with Crippen molar-refractivity contribution in [3.8, 4) is 0 Å². The van der Waals surface area contributed by atoms with E-state index >= 15 is 0 Å². The van der Waals surface area contributed by atoms with Gasteiger partial charge in [0.05, 0.1) is 18.6 Å². The first-order chi connectivity index (χ1) is 10.2. The van der Waals surface area contributed by atoms with Crippen LogP contribution in [0, 0.1) is 0 Å². The lowest BCUT2D eigenvalue weighted by Crippen LogP contribution is -2.45. The van der Waals surface area contributed by atoms with Crippen molar-refractivity contribution < 1.29 is 18.9 Å². The molecular formula is C15H18Cl2O4. The van der Waals surface area contributed by atoms with Crippen LogP contribution in [0.3, 0.4) is 0 Å². The van der Waals surface area contributed by atoms with E-state index in [-0.39, 0.29) is 30.7 Å². The van der Waals surface area contributed by atoms with E-state index in [2.05, 4.69) is 0 Å². The smallest absolute Gasteiger partial charge is 0.184 e. The maximum Gasteiger partial charge on any atom is 0.184 e. The van der Waals surface area contributed by atoms with E-state index < -0.39 is 0 Å². The quantitative estimate of drug-likeness (QED) is 0.777. The Kier molecular flexibility index (Phi) is 5.04. The molecule has 2 bridgehead atoms. The molecule has 0 aromatic heterocycles. The van der Waals surface area contributed by atoms with E-state index in [0.717, 1.165) is 12.0 Å². The highest BCUT2D eigenvalue weighted by Gasteiger charge is 2.50. The van der Waals surface area contributed by atoms with Crippen LogP contribution in [0.2, 0.25) is 5.02 Å². The standard InChI is InChI=1S/C15H18Cl2O4/c1-18-12-6-11(14-13(7-16)20-15(12)21-14)19-8-9-4-2-3-5-10(9)17/h2-5,11-15H,6-8H2,1H3/t11-,12+,13+,14+,15-/m0/s1. The summed E-state index contributed by atoms with van der Waals surface area (Å²) in [5, 5.41) is 0.701. The van der Waals surface area contributed by atoms with Gasteiger partial charge in [0, 0.05) is 18.6 Å². The molecule has 2 saturated heterocycles. The molecule has 4 nitrogen and oxygen atoms in total. The molecule has 0 N–H and O–H groups in total. The summed E-state index contributed by atoms with van der Waals surface area (Å²) in [6.07, 6.45) is -0.179. The van der Waals surface area contributed by atoms with Crippen LogP contribution in [0.1, 0.15) is 12.0 Å². The van der Waals surface area contributed by atoms with E-state index in [9.17, 15) is 0 Å². The number of fused-ring (bicyclic) bond motifs is 2. The molecule has 2 heterocycles. The lowest BCUT2D eigenvalue weighted by atomic mass is 10.0. The molecule has 1 aromatic rings. The van der Waals surface area contributed by atoms with Gasteiger partial charge in [-0.1, -0.05) is 29.8 Å². The third kappa shape index (κ3) is 3.21. The second-order valence-corrected chi connectivity index (χ2v) is 5.96. The lowest BCUT2D eigenvalue weighted by Gasteiger charge is -2.33. The number of hydrogen-bond acceptors (Lipinski definition) is 4. The third-order valence-electron chi connectivity index (χ3n) is 3.97. The van der Waals surface area contributed by atoms with Crippen molar-refractivity contribution in [3.05, 3.63) is 34.9 Å². The Morgan fingerprint density at radius 3 is 2.76 bits per heavy atom. The summed E-state index contributed by atoms with van der Waals surface area (Å²) in [5.41, 5.74) is 0.955. The molecule has 0 amide bonds. The van der Waals surface area contributed by atoms with Crippen LogP contribution >= 0.6 is 23.2 Å². The van der Waals surface area contributed by atoms with Gasteiger partial charge in [-0.05, 0) is 11.6 Å². The zero-order valence-electron chi connectivity index (χ0n) is 11.7. The second-order valence-electron chi connectivity index (χ2n) is 5.25. The number of rotatable bonds is 5. The molecule has 21 heavy (non-hydrogen) atoms. The minimum Gasteiger partial charge on any atom is -0.376 e. The average molecular weight is 333 g/mol. The Morgan fingerprint density at radius 1 is 1.24 bits per heavy atom. The van der Waals surface area contributed by atoms with Crippen LogP contribution < -0.4 is 0 Å². The fraction of sp³-hybridized carbons (Fsp3) is 0.600. The van der Waals surface area contributed by atoms with Crippen molar-refractivity contribution in [1.29, 1.82) is 0 Å². The molecule has 2 aliphatic rings. The highest BCUT2D eigenvalue weighted by Crippen LogP contribution is 2.36. The van der Waals surface area contributed by atoms with E-state index in [0.29, 0.717) is 17.5 Å². The Balaban J connectivity index is 1.67. The summed E-state index contributed by atoms with van der Waals surface area (Å²) >= 11 is 12.1. The highest BCUT2D eigenvalue weighted by molar-refractivity contribution is 6.31. The van der Waals surface area contributed by atoms with Crippen molar-refractivity contribution in [2.24, 2.45) is 0 Å². The number of benzene rings is 1. The fourth-order valence-corrected chi connectivity index (χ4v) is 3.25. The van der Waals surface area contributed by atoms with Gasteiger partial charge in [-0.25, -0.2) is 0 Å². The molecule has 116 valence electrons. The van der Waals surface area contributed by atoms with Crippen LogP contribution in [-0.4, -0.2) is 43.7 Å². The average Bonchev–Trinajstić information content (AvgIpc) is 2.87. The van der Waals surface area contributed by atoms with E-state index in [1.165, 1.54) is 0 Å². The van der Waals surface area contributed by atoms with Gasteiger partial charge in [0.2, 0.25) is 0 Å². The van der Waals surface area contributed by atoms with Crippen molar-refractivity contribution in [2.75, 3.05) is 13.0 Å². The Morgan fingerprint density at radius 2 is 2.05 bits per heavy atom. The van der Waals surface area contributed by atoms with Crippen molar-refractivity contribution in [3.63, 3.8) is 0 Å². The predicted molar refractivity (Wildman–Crippen MR) is 79.7 cm³/mol. The van der Waals surface area contributed by atoms with Crippen molar-refractivity contribution in [2.45, 2.75) is 43.7 Å². The first-order valence-electron chi connectivity index (χ1n) is 6.97. The summed E-state index contributed by atoms with van der Waals surface area (Å²) in [6, 6.07) is 7.64. The van der Waals surface area contributed by atoms with Crippen molar-refractivity contribution >= 4 is 23.2 Å². The summed E-state index contributed by atoms with van der Waals surface area (Å²) in [7, 11) is 1.65. The molecule has 0 spiro atoms. The van der Waals surface area contributed by atoms with Crippen molar-refractivity contribution in [1.82, 2.24) is 0 Å². The Hall–Kier alpha value is -0.360. The number of hydrogen-bond donors (Lipinski definition) is 0. The molecule has 0 unspecified atom stereocenters. The third-order valence-corrected chi connectivity index (χ3v) is 4.64. The maximum atomic E-state index is 6.15. The van der Waals surface area contributed by atoms with Gasteiger partial charge in [0.25, 0.3) is 0 Å². The van der Waals surface area contributed by atoms with Crippen LogP contribution in [0.4, 0.5) is 0 Å². The summed E-state index contributed by atoms with van der Waals surface area (Å²) in [4.78, 5) is 0. The molecular weight excluding hydrogens is 315 g/mol. The van der Waals surface area contributed by atoms with Gasteiger partial charge < -0.3 is 18.9 Å². The molecule has 0 saturated carbocycles. The maximum absolute atomic E-state index is 6.15. The highest BCUT2D eigenvalue weighted by atomic mass is 35.5. The van der Waals surface area contributed by atoms with E-state index in [1.807, 2.05) is 24.3 Å². The summed E-state index contributed by atoms with van der Waals surface area (Å²) < 4.78 is 23.0. The largest absolute Gasteiger partial charge is 0.376 e. The number of ether oxygens (including phenoxy) is 4. The molecule has 2 aliphatic heterocycles. The predicted octanol–water partition coefficient (Wildman–Crippen LogP) is 2.99.